The number of piperidine rings is 1. The van der Waals surface area contributed by atoms with Crippen molar-refractivity contribution in [2.75, 3.05) is 11.4 Å². The highest BCUT2D eigenvalue weighted by atomic mass is 32.1. The van der Waals surface area contributed by atoms with Gasteiger partial charge in [0.1, 0.15) is 17.3 Å². The van der Waals surface area contributed by atoms with E-state index in [1.807, 2.05) is 13.0 Å². The summed E-state index contributed by atoms with van der Waals surface area (Å²) in [6.45, 7) is 9.50. The van der Waals surface area contributed by atoms with Crippen molar-refractivity contribution in [1.82, 2.24) is 9.36 Å². The van der Waals surface area contributed by atoms with Crippen molar-refractivity contribution in [2.45, 2.75) is 58.4 Å². The monoisotopic (exact) mass is 305 g/mol. The van der Waals surface area contributed by atoms with Gasteiger partial charge >= 0.3 is 0 Å². The van der Waals surface area contributed by atoms with Crippen LogP contribution in [0.3, 0.4) is 0 Å². The molecule has 1 saturated heterocycles. The Balaban J connectivity index is 1.89. The molecule has 0 radical (unpaired) electrons. The van der Waals surface area contributed by atoms with E-state index in [9.17, 15) is 0 Å². The summed E-state index contributed by atoms with van der Waals surface area (Å²) in [5.41, 5.74) is 0.00129. The molecule has 3 rings (SSSR count). The topological polar surface area (TPSA) is 42.2 Å². The lowest BCUT2D eigenvalue weighted by molar-refractivity contribution is 0.382. The molecule has 0 N–H and O–H groups in total. The molecule has 5 heteroatoms. The maximum absolute atomic E-state index is 5.86. The molecule has 1 aliphatic rings. The normalized spacial score (nSPS) is 20.0. The largest absolute Gasteiger partial charge is 0.464 e. The zero-order valence-electron chi connectivity index (χ0n) is 13.2. The minimum absolute atomic E-state index is 0.00129. The molecular weight excluding hydrogens is 282 g/mol. The van der Waals surface area contributed by atoms with Gasteiger partial charge in [-0.1, -0.05) is 20.8 Å². The van der Waals surface area contributed by atoms with Gasteiger partial charge < -0.3 is 9.32 Å². The molecule has 114 valence electrons. The molecule has 1 unspecified atom stereocenters. The van der Waals surface area contributed by atoms with E-state index in [0.29, 0.717) is 6.04 Å². The summed E-state index contributed by atoms with van der Waals surface area (Å²) in [4.78, 5) is 7.15. The standard InChI is InChI=1S/C16H23N3OS/c1-11-8-9-13(20-11)12-7-5-6-10-19(12)15-17-14(18-21-15)16(2,3)4/h8-9,12H,5-7,10H2,1-4H3. The van der Waals surface area contributed by atoms with Gasteiger partial charge in [0.15, 0.2) is 0 Å². The van der Waals surface area contributed by atoms with Crippen molar-refractivity contribution in [3.05, 3.63) is 29.5 Å². The van der Waals surface area contributed by atoms with Crippen LogP contribution in [0.5, 0.6) is 0 Å². The highest BCUT2D eigenvalue weighted by Gasteiger charge is 2.30. The average Bonchev–Trinajstić information content (AvgIpc) is 3.06. The predicted molar refractivity (Wildman–Crippen MR) is 86.0 cm³/mol. The molecular formula is C16H23N3OS. The molecule has 2 aromatic rings. The maximum Gasteiger partial charge on any atom is 0.205 e. The van der Waals surface area contributed by atoms with Crippen molar-refractivity contribution in [3.8, 4) is 0 Å². The fourth-order valence-corrected chi connectivity index (χ4v) is 3.66. The van der Waals surface area contributed by atoms with Gasteiger partial charge in [0.25, 0.3) is 0 Å². The van der Waals surface area contributed by atoms with E-state index >= 15 is 0 Å². The Morgan fingerprint density at radius 1 is 1.29 bits per heavy atom. The number of hydrogen-bond donors (Lipinski definition) is 0. The van der Waals surface area contributed by atoms with Gasteiger partial charge in [0, 0.05) is 23.5 Å². The van der Waals surface area contributed by atoms with E-state index in [1.54, 1.807) is 0 Å². The minimum Gasteiger partial charge on any atom is -0.464 e. The van der Waals surface area contributed by atoms with Crippen LogP contribution in [0.4, 0.5) is 5.13 Å². The van der Waals surface area contributed by atoms with Gasteiger partial charge in [-0.25, -0.2) is 4.98 Å². The van der Waals surface area contributed by atoms with E-state index in [4.69, 9.17) is 9.40 Å². The number of anilines is 1. The Hall–Kier alpha value is -1.36. The van der Waals surface area contributed by atoms with Crippen LogP contribution in [-0.4, -0.2) is 15.9 Å². The Labute approximate surface area is 130 Å². The van der Waals surface area contributed by atoms with Crippen molar-refractivity contribution < 1.29 is 4.42 Å². The first-order chi connectivity index (χ1) is 9.95. The van der Waals surface area contributed by atoms with Gasteiger partial charge in [-0.05, 0) is 38.3 Å². The third-order valence-electron chi connectivity index (χ3n) is 3.92. The lowest BCUT2D eigenvalue weighted by atomic mass is 9.96. The summed E-state index contributed by atoms with van der Waals surface area (Å²) in [5, 5.41) is 1.03. The quantitative estimate of drug-likeness (QED) is 0.821. The number of aromatic nitrogens is 2. The first kappa shape index (κ1) is 14.6. The number of furan rings is 1. The van der Waals surface area contributed by atoms with Crippen molar-refractivity contribution in [2.24, 2.45) is 0 Å². The molecule has 0 aliphatic carbocycles. The average molecular weight is 305 g/mol. The van der Waals surface area contributed by atoms with Gasteiger partial charge in [-0.3, -0.25) is 0 Å². The molecule has 1 aliphatic heterocycles. The van der Waals surface area contributed by atoms with Crippen molar-refractivity contribution in [3.63, 3.8) is 0 Å². The van der Waals surface area contributed by atoms with Gasteiger partial charge in [-0.2, -0.15) is 4.37 Å². The lowest BCUT2D eigenvalue weighted by Crippen LogP contribution is -2.33. The SMILES string of the molecule is Cc1ccc(C2CCCCN2c2nc(C(C)(C)C)ns2)o1. The minimum atomic E-state index is 0.00129. The van der Waals surface area contributed by atoms with Crippen LogP contribution in [0.1, 0.15) is 63.4 Å². The summed E-state index contributed by atoms with van der Waals surface area (Å²) in [6, 6.07) is 4.44. The second kappa shape index (κ2) is 5.44. The summed E-state index contributed by atoms with van der Waals surface area (Å²) >= 11 is 1.51. The Morgan fingerprint density at radius 3 is 2.71 bits per heavy atom. The van der Waals surface area contributed by atoms with Crippen molar-refractivity contribution in [1.29, 1.82) is 0 Å². The van der Waals surface area contributed by atoms with E-state index in [2.05, 4.69) is 36.1 Å². The first-order valence-electron chi connectivity index (χ1n) is 7.62. The van der Waals surface area contributed by atoms with Crippen LogP contribution in [0.25, 0.3) is 0 Å². The molecule has 0 amide bonds. The van der Waals surface area contributed by atoms with Crippen molar-refractivity contribution >= 4 is 16.7 Å². The zero-order valence-corrected chi connectivity index (χ0v) is 14.0. The summed E-state index contributed by atoms with van der Waals surface area (Å²) in [6.07, 6.45) is 3.57. The van der Waals surface area contributed by atoms with Crippen LogP contribution in [-0.2, 0) is 5.41 Å². The molecule has 0 bridgehead atoms. The summed E-state index contributed by atoms with van der Waals surface area (Å²) in [7, 11) is 0. The first-order valence-corrected chi connectivity index (χ1v) is 8.39. The molecule has 4 nitrogen and oxygen atoms in total. The summed E-state index contributed by atoms with van der Waals surface area (Å²) in [5.74, 6) is 2.96. The molecule has 3 heterocycles. The van der Waals surface area contributed by atoms with E-state index in [1.165, 1.54) is 24.4 Å². The van der Waals surface area contributed by atoms with E-state index < -0.39 is 0 Å². The van der Waals surface area contributed by atoms with Crippen LogP contribution in [0.2, 0.25) is 0 Å². The van der Waals surface area contributed by atoms with Crippen LogP contribution in [0, 0.1) is 6.92 Å². The zero-order chi connectivity index (χ0) is 15.0. The molecule has 2 aromatic heterocycles. The predicted octanol–water partition coefficient (Wildman–Crippen LogP) is 4.47. The molecule has 0 saturated carbocycles. The Morgan fingerprint density at radius 2 is 2.10 bits per heavy atom. The number of rotatable bonds is 2. The third-order valence-corrected chi connectivity index (χ3v) is 4.68. The van der Waals surface area contributed by atoms with Crippen LogP contribution in [0.15, 0.2) is 16.5 Å². The number of nitrogens with zero attached hydrogens (tertiary/aromatic N) is 3. The molecule has 1 atom stereocenters. The second-order valence-corrected chi connectivity index (χ2v) is 7.53. The lowest BCUT2D eigenvalue weighted by Gasteiger charge is -2.34. The molecule has 21 heavy (non-hydrogen) atoms. The van der Waals surface area contributed by atoms with Gasteiger partial charge in [0.2, 0.25) is 5.13 Å². The maximum atomic E-state index is 5.86. The number of aryl methyl sites for hydroxylation is 1. The summed E-state index contributed by atoms with van der Waals surface area (Å²) < 4.78 is 10.4. The van der Waals surface area contributed by atoms with Gasteiger partial charge in [0.05, 0.1) is 6.04 Å². The fraction of sp³-hybridized carbons (Fsp3) is 0.625. The van der Waals surface area contributed by atoms with Crippen LogP contribution < -0.4 is 4.90 Å². The fourth-order valence-electron chi connectivity index (χ4n) is 2.73. The van der Waals surface area contributed by atoms with E-state index in [0.717, 1.165) is 35.4 Å². The number of hydrogen-bond acceptors (Lipinski definition) is 5. The Kier molecular flexibility index (Phi) is 3.78. The van der Waals surface area contributed by atoms with E-state index in [-0.39, 0.29) is 5.41 Å². The second-order valence-electron chi connectivity index (χ2n) is 6.80. The van der Waals surface area contributed by atoms with Crippen LogP contribution >= 0.6 is 11.5 Å². The molecule has 0 aromatic carbocycles. The Bertz CT molecular complexity index is 611. The molecule has 1 fully saturated rings. The van der Waals surface area contributed by atoms with Gasteiger partial charge in [-0.15, -0.1) is 0 Å². The smallest absolute Gasteiger partial charge is 0.205 e. The molecule has 0 spiro atoms. The highest BCUT2D eigenvalue weighted by Crippen LogP contribution is 2.37. The highest BCUT2D eigenvalue weighted by molar-refractivity contribution is 7.09. The third kappa shape index (κ3) is 2.98.